The van der Waals surface area contributed by atoms with Crippen LogP contribution in [0.4, 0.5) is 13.2 Å². The quantitative estimate of drug-likeness (QED) is 0.512. The lowest BCUT2D eigenvalue weighted by molar-refractivity contribution is -0.241. The lowest BCUT2D eigenvalue weighted by Crippen LogP contribution is -2.47. The van der Waals surface area contributed by atoms with E-state index in [4.69, 9.17) is 4.98 Å². The SMILES string of the molecule is Cc1c(C2(O)CC(C(F)(F)F)C2)sc2nc(-c3cnc4nn(C)cc4c3)ccc12. The van der Waals surface area contributed by atoms with Gasteiger partial charge in [0.25, 0.3) is 0 Å². The zero-order valence-electron chi connectivity index (χ0n) is 15.7. The number of thiophene rings is 1. The zero-order valence-corrected chi connectivity index (χ0v) is 16.5. The van der Waals surface area contributed by atoms with E-state index in [-0.39, 0.29) is 12.8 Å². The van der Waals surface area contributed by atoms with E-state index >= 15 is 0 Å². The highest BCUT2D eigenvalue weighted by molar-refractivity contribution is 7.19. The highest BCUT2D eigenvalue weighted by Gasteiger charge is 2.56. The number of rotatable bonds is 2. The smallest absolute Gasteiger partial charge is 0.384 e. The van der Waals surface area contributed by atoms with Crippen molar-refractivity contribution >= 4 is 32.6 Å². The van der Waals surface area contributed by atoms with E-state index in [0.29, 0.717) is 15.4 Å². The number of fused-ring (bicyclic) bond motifs is 2. The maximum atomic E-state index is 12.9. The maximum Gasteiger partial charge on any atom is 0.392 e. The Bertz CT molecular complexity index is 1250. The second-order valence-corrected chi connectivity index (χ2v) is 8.72. The van der Waals surface area contributed by atoms with Crippen LogP contribution in [0.2, 0.25) is 0 Å². The largest absolute Gasteiger partial charge is 0.392 e. The number of pyridine rings is 2. The molecule has 5 nitrogen and oxygen atoms in total. The third-order valence-corrected chi connectivity index (χ3v) is 7.02. The molecule has 0 saturated heterocycles. The summed E-state index contributed by atoms with van der Waals surface area (Å²) in [6.45, 7) is 1.83. The minimum Gasteiger partial charge on any atom is -0.384 e. The van der Waals surface area contributed by atoms with Crippen molar-refractivity contribution in [3.05, 3.63) is 41.0 Å². The molecule has 150 valence electrons. The van der Waals surface area contributed by atoms with Gasteiger partial charge >= 0.3 is 6.18 Å². The lowest BCUT2D eigenvalue weighted by Gasteiger charge is -2.44. The number of nitrogens with zero attached hydrogens (tertiary/aromatic N) is 4. The molecule has 1 aliphatic rings. The summed E-state index contributed by atoms with van der Waals surface area (Å²) in [7, 11) is 1.83. The highest BCUT2D eigenvalue weighted by atomic mass is 32.1. The van der Waals surface area contributed by atoms with Gasteiger partial charge in [-0.25, -0.2) is 9.97 Å². The topological polar surface area (TPSA) is 63.8 Å². The molecule has 29 heavy (non-hydrogen) atoms. The third-order valence-electron chi connectivity index (χ3n) is 5.63. The molecule has 0 bridgehead atoms. The first-order valence-corrected chi connectivity index (χ1v) is 9.95. The van der Waals surface area contributed by atoms with Crippen molar-refractivity contribution in [3.8, 4) is 11.3 Å². The van der Waals surface area contributed by atoms with Crippen LogP contribution in [0, 0.1) is 12.8 Å². The second-order valence-electron chi connectivity index (χ2n) is 7.72. The van der Waals surface area contributed by atoms with E-state index in [1.807, 2.05) is 38.4 Å². The highest BCUT2D eigenvalue weighted by Crippen LogP contribution is 2.55. The van der Waals surface area contributed by atoms with Gasteiger partial charge in [0.2, 0.25) is 0 Å². The summed E-state index contributed by atoms with van der Waals surface area (Å²) >= 11 is 1.27. The van der Waals surface area contributed by atoms with Gasteiger partial charge < -0.3 is 5.11 Å². The molecule has 4 heterocycles. The molecule has 0 aromatic carbocycles. The second kappa shape index (κ2) is 5.99. The Morgan fingerprint density at radius 3 is 2.76 bits per heavy atom. The van der Waals surface area contributed by atoms with Crippen molar-refractivity contribution in [2.24, 2.45) is 13.0 Å². The summed E-state index contributed by atoms with van der Waals surface area (Å²) < 4.78 is 40.4. The summed E-state index contributed by atoms with van der Waals surface area (Å²) in [4.78, 5) is 10.3. The molecule has 0 spiro atoms. The Hall–Kier alpha value is -2.52. The molecule has 4 aromatic rings. The van der Waals surface area contributed by atoms with Crippen molar-refractivity contribution in [1.29, 1.82) is 0 Å². The number of aromatic nitrogens is 4. The molecule has 0 amide bonds. The monoisotopic (exact) mass is 418 g/mol. The van der Waals surface area contributed by atoms with E-state index in [0.717, 1.165) is 27.6 Å². The summed E-state index contributed by atoms with van der Waals surface area (Å²) in [6, 6.07) is 5.73. The van der Waals surface area contributed by atoms with Crippen LogP contribution >= 0.6 is 11.3 Å². The first kappa shape index (κ1) is 18.5. The minimum absolute atomic E-state index is 0.293. The van der Waals surface area contributed by atoms with Crippen molar-refractivity contribution in [3.63, 3.8) is 0 Å². The van der Waals surface area contributed by atoms with Gasteiger partial charge in [-0.2, -0.15) is 18.3 Å². The average Bonchev–Trinajstić information content (AvgIpc) is 3.16. The summed E-state index contributed by atoms with van der Waals surface area (Å²) in [5, 5.41) is 16.8. The van der Waals surface area contributed by atoms with Gasteiger partial charge in [-0.3, -0.25) is 4.68 Å². The van der Waals surface area contributed by atoms with Crippen LogP contribution in [0.3, 0.4) is 0 Å². The minimum atomic E-state index is -4.26. The maximum absolute atomic E-state index is 12.9. The predicted molar refractivity (Wildman–Crippen MR) is 105 cm³/mol. The van der Waals surface area contributed by atoms with Crippen LogP contribution in [0.1, 0.15) is 23.3 Å². The van der Waals surface area contributed by atoms with Gasteiger partial charge in [-0.05, 0) is 43.5 Å². The van der Waals surface area contributed by atoms with Crippen LogP contribution in [-0.2, 0) is 12.6 Å². The zero-order chi connectivity index (χ0) is 20.6. The molecule has 1 saturated carbocycles. The Morgan fingerprint density at radius 1 is 1.28 bits per heavy atom. The van der Waals surface area contributed by atoms with Gasteiger partial charge in [0.1, 0.15) is 10.4 Å². The van der Waals surface area contributed by atoms with Gasteiger partial charge in [-0.1, -0.05) is 0 Å². The molecular weight excluding hydrogens is 401 g/mol. The molecule has 1 N–H and O–H groups in total. The molecular formula is C20H17F3N4OS. The Labute approximate surface area is 167 Å². The Morgan fingerprint density at radius 2 is 2.03 bits per heavy atom. The normalized spacial score (nSPS) is 22.3. The molecule has 0 unspecified atom stereocenters. The first-order chi connectivity index (χ1) is 13.6. The number of aliphatic hydroxyl groups is 1. The van der Waals surface area contributed by atoms with E-state index in [9.17, 15) is 18.3 Å². The predicted octanol–water partition coefficient (Wildman–Crippen LogP) is 4.71. The van der Waals surface area contributed by atoms with Crippen molar-refractivity contribution < 1.29 is 18.3 Å². The van der Waals surface area contributed by atoms with E-state index in [1.165, 1.54) is 11.3 Å². The fourth-order valence-electron chi connectivity index (χ4n) is 4.05. The molecule has 0 atom stereocenters. The Balaban J connectivity index is 1.53. The number of hydrogen-bond donors (Lipinski definition) is 1. The van der Waals surface area contributed by atoms with Gasteiger partial charge in [0.05, 0.1) is 11.6 Å². The number of alkyl halides is 3. The summed E-state index contributed by atoms with van der Waals surface area (Å²) in [5.74, 6) is -1.45. The van der Waals surface area contributed by atoms with Crippen LogP contribution < -0.4 is 0 Å². The molecule has 1 aliphatic carbocycles. The van der Waals surface area contributed by atoms with Crippen LogP contribution in [0.5, 0.6) is 0 Å². The van der Waals surface area contributed by atoms with E-state index < -0.39 is 17.7 Å². The average molecular weight is 418 g/mol. The Kier molecular flexibility index (Phi) is 3.82. The van der Waals surface area contributed by atoms with Crippen LogP contribution in [0.15, 0.2) is 30.6 Å². The standard InChI is InChI=1S/C20H17F3N4OS/c1-10-14-3-4-15(11-5-12-9-27(2)26-17(12)24-8-11)25-18(14)29-16(10)19(28)6-13(7-19)20(21,22)23/h3-5,8-9,13,28H,6-7H2,1-2H3. The van der Waals surface area contributed by atoms with Crippen LogP contribution in [0.25, 0.3) is 32.5 Å². The fourth-order valence-corrected chi connectivity index (χ4v) is 5.34. The third kappa shape index (κ3) is 2.91. The number of halogens is 3. The van der Waals surface area contributed by atoms with Crippen molar-refractivity contribution in [2.45, 2.75) is 31.5 Å². The molecule has 0 aliphatic heterocycles. The molecule has 9 heteroatoms. The van der Waals surface area contributed by atoms with Crippen LogP contribution in [-0.4, -0.2) is 31.0 Å². The summed E-state index contributed by atoms with van der Waals surface area (Å²) in [6.07, 6.45) is -1.27. The van der Waals surface area contributed by atoms with E-state index in [1.54, 1.807) is 10.9 Å². The number of hydrogen-bond acceptors (Lipinski definition) is 5. The fraction of sp³-hybridized carbons (Fsp3) is 0.350. The van der Waals surface area contributed by atoms with Gasteiger partial charge in [0.15, 0.2) is 5.65 Å². The van der Waals surface area contributed by atoms with Crippen molar-refractivity contribution in [2.75, 3.05) is 0 Å². The lowest BCUT2D eigenvalue weighted by atomic mass is 9.69. The van der Waals surface area contributed by atoms with Gasteiger partial charge in [-0.15, -0.1) is 11.3 Å². The molecule has 4 aromatic heterocycles. The van der Waals surface area contributed by atoms with Gasteiger partial charge in [0, 0.05) is 40.7 Å². The summed E-state index contributed by atoms with van der Waals surface area (Å²) in [5.41, 5.74) is 1.58. The number of aryl methyl sites for hydroxylation is 2. The van der Waals surface area contributed by atoms with E-state index in [2.05, 4.69) is 10.1 Å². The first-order valence-electron chi connectivity index (χ1n) is 9.13. The molecule has 1 fully saturated rings. The molecule has 0 radical (unpaired) electrons. The molecule has 5 rings (SSSR count). The van der Waals surface area contributed by atoms with Crippen molar-refractivity contribution in [1.82, 2.24) is 19.7 Å².